The van der Waals surface area contributed by atoms with E-state index < -0.39 is 5.91 Å². The third kappa shape index (κ3) is 3.41. The quantitative estimate of drug-likeness (QED) is 0.405. The summed E-state index contributed by atoms with van der Waals surface area (Å²) in [5.74, 6) is 5.05. The van der Waals surface area contributed by atoms with Crippen molar-refractivity contribution in [3.63, 3.8) is 0 Å². The Morgan fingerprint density at radius 3 is 2.86 bits per heavy atom. The minimum absolute atomic E-state index is 0.152. The molecule has 0 radical (unpaired) electrons. The molecule has 4 N–H and O–H groups in total. The summed E-state index contributed by atoms with van der Waals surface area (Å²) in [6.07, 6.45) is 0.696. The molecule has 6 nitrogen and oxygen atoms in total. The molecule has 1 amide bonds. The molecule has 0 fully saturated rings. The minimum atomic E-state index is -0.431. The van der Waals surface area contributed by atoms with E-state index in [1.54, 1.807) is 0 Å². The van der Waals surface area contributed by atoms with E-state index in [1.165, 1.54) is 0 Å². The number of hydrogen-bond acceptors (Lipinski definition) is 5. The Labute approximate surface area is 123 Å². The van der Waals surface area contributed by atoms with Gasteiger partial charge in [-0.2, -0.15) is 0 Å². The number of fused-ring (bicyclic) bond motifs is 1. The van der Waals surface area contributed by atoms with Gasteiger partial charge in [-0.25, -0.2) is 5.84 Å². The van der Waals surface area contributed by atoms with Gasteiger partial charge in [0.1, 0.15) is 5.58 Å². The molecule has 1 aromatic carbocycles. The van der Waals surface area contributed by atoms with E-state index in [9.17, 15) is 4.79 Å². The van der Waals surface area contributed by atoms with Gasteiger partial charge in [0.2, 0.25) is 0 Å². The van der Waals surface area contributed by atoms with E-state index in [1.807, 2.05) is 31.2 Å². The first-order valence-electron chi connectivity index (χ1n) is 7.05. The first kappa shape index (κ1) is 15.5. The van der Waals surface area contributed by atoms with Crippen molar-refractivity contribution < 1.29 is 14.3 Å². The van der Waals surface area contributed by atoms with Crippen LogP contribution in [0.1, 0.15) is 29.5 Å². The van der Waals surface area contributed by atoms with Crippen LogP contribution in [0.3, 0.4) is 0 Å². The lowest BCUT2D eigenvalue weighted by molar-refractivity contribution is 0.0925. The van der Waals surface area contributed by atoms with Gasteiger partial charge in [-0.05, 0) is 19.0 Å². The van der Waals surface area contributed by atoms with Crippen LogP contribution < -0.4 is 11.3 Å². The van der Waals surface area contributed by atoms with Gasteiger partial charge in [0, 0.05) is 30.6 Å². The van der Waals surface area contributed by atoms with E-state index >= 15 is 0 Å². The minimum Gasteiger partial charge on any atom is -0.451 e. The molecule has 0 atom stereocenters. The van der Waals surface area contributed by atoms with Crippen molar-refractivity contribution in [3.8, 4) is 0 Å². The number of carbonyl (C=O) groups is 1. The lowest BCUT2D eigenvalue weighted by atomic mass is 10.1. The normalized spacial score (nSPS) is 11.2. The van der Waals surface area contributed by atoms with Crippen LogP contribution in [0.2, 0.25) is 0 Å². The predicted molar refractivity (Wildman–Crippen MR) is 80.5 cm³/mol. The number of hydrazine groups is 1. The molecule has 0 bridgehead atoms. The van der Waals surface area contributed by atoms with Crippen LogP contribution in [0.25, 0.3) is 11.0 Å². The summed E-state index contributed by atoms with van der Waals surface area (Å²) in [7, 11) is 0. The fourth-order valence-corrected chi connectivity index (χ4v) is 2.37. The van der Waals surface area contributed by atoms with Gasteiger partial charge < -0.3 is 9.52 Å². The maximum atomic E-state index is 11.9. The number of amides is 1. The van der Waals surface area contributed by atoms with Crippen LogP contribution in [0.4, 0.5) is 0 Å². The van der Waals surface area contributed by atoms with Crippen molar-refractivity contribution in [1.82, 2.24) is 10.3 Å². The molecular weight excluding hydrogens is 270 g/mol. The number of aliphatic hydroxyl groups is 1. The number of aliphatic hydroxyl groups excluding tert-OH is 1. The summed E-state index contributed by atoms with van der Waals surface area (Å²) in [5, 5.41) is 9.88. The Morgan fingerprint density at radius 2 is 2.19 bits per heavy atom. The summed E-state index contributed by atoms with van der Waals surface area (Å²) < 4.78 is 5.63. The number of para-hydroxylation sites is 1. The van der Waals surface area contributed by atoms with Gasteiger partial charge in [-0.1, -0.05) is 25.1 Å². The molecule has 114 valence electrons. The van der Waals surface area contributed by atoms with Crippen LogP contribution in [-0.2, 0) is 6.54 Å². The molecule has 21 heavy (non-hydrogen) atoms. The highest BCUT2D eigenvalue weighted by atomic mass is 16.3. The highest BCUT2D eigenvalue weighted by Crippen LogP contribution is 2.27. The zero-order valence-electron chi connectivity index (χ0n) is 12.1. The lowest BCUT2D eigenvalue weighted by Crippen LogP contribution is -2.31. The van der Waals surface area contributed by atoms with E-state index in [0.717, 1.165) is 24.0 Å². The summed E-state index contributed by atoms with van der Waals surface area (Å²) in [5.41, 5.74) is 3.62. The number of carbonyl (C=O) groups excluding carboxylic acids is 1. The fourth-order valence-electron chi connectivity index (χ4n) is 2.37. The molecule has 2 rings (SSSR count). The number of benzene rings is 1. The van der Waals surface area contributed by atoms with Crippen LogP contribution in [-0.4, -0.2) is 35.6 Å². The third-order valence-corrected chi connectivity index (χ3v) is 3.50. The van der Waals surface area contributed by atoms with Gasteiger partial charge in [0.15, 0.2) is 5.76 Å². The van der Waals surface area contributed by atoms with Gasteiger partial charge >= 0.3 is 5.91 Å². The maximum Gasteiger partial charge on any atom is 0.301 e. The number of nitrogens with two attached hydrogens (primary N) is 1. The third-order valence-electron chi connectivity index (χ3n) is 3.50. The first-order valence-corrected chi connectivity index (χ1v) is 7.05. The highest BCUT2D eigenvalue weighted by molar-refractivity contribution is 5.98. The van der Waals surface area contributed by atoms with E-state index in [2.05, 4.69) is 10.3 Å². The average molecular weight is 291 g/mol. The van der Waals surface area contributed by atoms with Crippen molar-refractivity contribution in [2.75, 3.05) is 19.7 Å². The smallest absolute Gasteiger partial charge is 0.301 e. The molecule has 0 saturated carbocycles. The fraction of sp³-hybridized carbons (Fsp3) is 0.400. The molecule has 0 aliphatic heterocycles. The largest absolute Gasteiger partial charge is 0.451 e. The second kappa shape index (κ2) is 7.21. The molecular formula is C15H21N3O3. The van der Waals surface area contributed by atoms with Gasteiger partial charge in [-0.15, -0.1) is 0 Å². The van der Waals surface area contributed by atoms with Crippen molar-refractivity contribution >= 4 is 16.9 Å². The molecule has 1 heterocycles. The summed E-state index contributed by atoms with van der Waals surface area (Å²) in [4.78, 5) is 14.1. The second-order valence-corrected chi connectivity index (χ2v) is 4.83. The number of nitrogens with one attached hydrogen (secondary N) is 1. The predicted octanol–water partition coefficient (Wildman–Crippen LogP) is 1.24. The van der Waals surface area contributed by atoms with Crippen molar-refractivity contribution in [1.29, 1.82) is 0 Å². The van der Waals surface area contributed by atoms with Crippen LogP contribution in [0.5, 0.6) is 0 Å². The maximum absolute atomic E-state index is 11.9. The molecule has 0 unspecified atom stereocenters. The van der Waals surface area contributed by atoms with Gasteiger partial charge in [0.25, 0.3) is 0 Å². The zero-order valence-corrected chi connectivity index (χ0v) is 12.1. The van der Waals surface area contributed by atoms with E-state index in [0.29, 0.717) is 18.5 Å². The SMILES string of the molecule is CCN(CCCO)Cc1c(C(=O)NN)oc2ccccc12. The lowest BCUT2D eigenvalue weighted by Gasteiger charge is -2.19. The van der Waals surface area contributed by atoms with Crippen molar-refractivity contribution in [3.05, 3.63) is 35.6 Å². The monoisotopic (exact) mass is 291 g/mol. The molecule has 2 aromatic rings. The Balaban J connectivity index is 2.37. The molecule has 0 spiro atoms. The van der Waals surface area contributed by atoms with Crippen LogP contribution in [0.15, 0.2) is 28.7 Å². The second-order valence-electron chi connectivity index (χ2n) is 4.83. The molecule has 0 aliphatic rings. The van der Waals surface area contributed by atoms with Crippen molar-refractivity contribution in [2.45, 2.75) is 19.9 Å². The summed E-state index contributed by atoms with van der Waals surface area (Å²) in [6.45, 7) is 4.36. The zero-order chi connectivity index (χ0) is 15.2. The Bertz CT molecular complexity index is 609. The summed E-state index contributed by atoms with van der Waals surface area (Å²) >= 11 is 0. The topological polar surface area (TPSA) is 91.7 Å². The molecule has 6 heteroatoms. The Kier molecular flexibility index (Phi) is 5.32. The van der Waals surface area contributed by atoms with E-state index in [-0.39, 0.29) is 12.4 Å². The van der Waals surface area contributed by atoms with E-state index in [4.69, 9.17) is 15.4 Å². The molecule has 0 aliphatic carbocycles. The number of nitrogen functional groups attached to an aromatic ring is 1. The van der Waals surface area contributed by atoms with Gasteiger partial charge in [-0.3, -0.25) is 15.1 Å². The number of hydrogen-bond donors (Lipinski definition) is 3. The number of nitrogens with zero attached hydrogens (tertiary/aromatic N) is 1. The first-order chi connectivity index (χ1) is 10.2. The van der Waals surface area contributed by atoms with Crippen LogP contribution >= 0.6 is 0 Å². The average Bonchev–Trinajstić information content (AvgIpc) is 2.89. The summed E-state index contributed by atoms with van der Waals surface area (Å²) in [6, 6.07) is 7.54. The standard InChI is InChI=1S/C15H21N3O3/c1-2-18(8-5-9-19)10-12-11-6-3-4-7-13(11)21-14(12)15(20)17-16/h3-4,6-7,19H,2,5,8-10,16H2,1H3,(H,17,20). The highest BCUT2D eigenvalue weighted by Gasteiger charge is 2.21. The molecule has 1 aromatic heterocycles. The Hall–Kier alpha value is -1.89. The van der Waals surface area contributed by atoms with Crippen molar-refractivity contribution in [2.24, 2.45) is 5.84 Å². The number of furan rings is 1. The Morgan fingerprint density at radius 1 is 1.43 bits per heavy atom. The van der Waals surface area contributed by atoms with Gasteiger partial charge in [0.05, 0.1) is 0 Å². The number of rotatable bonds is 7. The van der Waals surface area contributed by atoms with Crippen LogP contribution in [0, 0.1) is 0 Å². The molecule has 0 saturated heterocycles.